The summed E-state index contributed by atoms with van der Waals surface area (Å²) in [6, 6.07) is 4.42. The van der Waals surface area contributed by atoms with Crippen LogP contribution in [0.3, 0.4) is 0 Å². The van der Waals surface area contributed by atoms with Gasteiger partial charge in [-0.15, -0.1) is 0 Å². The van der Waals surface area contributed by atoms with E-state index in [0.717, 1.165) is 42.7 Å². The highest BCUT2D eigenvalue weighted by molar-refractivity contribution is 5.22. The summed E-state index contributed by atoms with van der Waals surface area (Å²) in [5.74, 6) is 1.41. The Morgan fingerprint density at radius 1 is 0.818 bits per heavy atom. The van der Waals surface area contributed by atoms with Gasteiger partial charge in [0.05, 0.1) is 0 Å². The van der Waals surface area contributed by atoms with E-state index >= 15 is 0 Å². The maximum absolute atomic E-state index is 13.4. The summed E-state index contributed by atoms with van der Waals surface area (Å²) in [6.45, 7) is 0.843. The molecule has 1 aromatic rings. The van der Waals surface area contributed by atoms with Gasteiger partial charge < -0.3 is 5.73 Å². The minimum absolute atomic E-state index is 0.409. The van der Waals surface area contributed by atoms with Crippen LogP contribution < -0.4 is 5.73 Å². The molecule has 3 rings (SSSR count). The first-order valence-corrected chi connectivity index (χ1v) is 8.82. The molecule has 0 amide bonds. The predicted molar refractivity (Wildman–Crippen MR) is 85.6 cm³/mol. The molecule has 122 valence electrons. The molecule has 0 bridgehead atoms. The van der Waals surface area contributed by atoms with Gasteiger partial charge in [-0.3, -0.25) is 0 Å². The zero-order valence-electron chi connectivity index (χ0n) is 13.2. The van der Waals surface area contributed by atoms with E-state index in [1.54, 1.807) is 6.07 Å². The molecule has 0 atom stereocenters. The van der Waals surface area contributed by atoms with Crippen molar-refractivity contribution >= 4 is 0 Å². The van der Waals surface area contributed by atoms with E-state index in [0.29, 0.717) is 5.92 Å². The van der Waals surface area contributed by atoms with Crippen molar-refractivity contribution in [2.24, 2.45) is 23.5 Å². The van der Waals surface area contributed by atoms with Gasteiger partial charge in [0, 0.05) is 0 Å². The summed E-state index contributed by atoms with van der Waals surface area (Å²) in [5, 5.41) is 0. The first-order chi connectivity index (χ1) is 10.7. The van der Waals surface area contributed by atoms with Crippen LogP contribution >= 0.6 is 0 Å². The smallest absolute Gasteiger partial charge is 0.159 e. The van der Waals surface area contributed by atoms with Gasteiger partial charge in [-0.2, -0.15) is 0 Å². The first kappa shape index (κ1) is 15.9. The van der Waals surface area contributed by atoms with Gasteiger partial charge in [-0.25, -0.2) is 8.78 Å². The third-order valence-corrected chi connectivity index (χ3v) is 6.08. The number of benzene rings is 1. The Morgan fingerprint density at radius 3 is 1.95 bits per heavy atom. The molecule has 0 aliphatic heterocycles. The van der Waals surface area contributed by atoms with Crippen molar-refractivity contribution in [3.8, 4) is 0 Å². The van der Waals surface area contributed by atoms with E-state index in [-0.39, 0.29) is 0 Å². The second-order valence-corrected chi connectivity index (χ2v) is 7.30. The monoisotopic (exact) mass is 307 g/mol. The third-order valence-electron chi connectivity index (χ3n) is 6.08. The fourth-order valence-corrected chi connectivity index (χ4v) is 4.59. The van der Waals surface area contributed by atoms with Crippen molar-refractivity contribution in [3.63, 3.8) is 0 Å². The summed E-state index contributed by atoms with van der Waals surface area (Å²) in [4.78, 5) is 0. The van der Waals surface area contributed by atoms with Crippen LogP contribution in [-0.2, 0) is 0 Å². The van der Waals surface area contributed by atoms with Crippen LogP contribution in [0.2, 0.25) is 0 Å². The van der Waals surface area contributed by atoms with Gasteiger partial charge in [0.15, 0.2) is 11.6 Å². The second kappa shape index (κ2) is 7.08. The summed E-state index contributed by atoms with van der Waals surface area (Å²) in [7, 11) is 0. The van der Waals surface area contributed by atoms with Crippen LogP contribution in [0.5, 0.6) is 0 Å². The third kappa shape index (κ3) is 3.51. The Balaban J connectivity index is 1.53. The molecule has 0 radical (unpaired) electrons. The normalized spacial score (nSPS) is 32.9. The van der Waals surface area contributed by atoms with E-state index in [1.807, 2.05) is 0 Å². The molecule has 22 heavy (non-hydrogen) atoms. The largest absolute Gasteiger partial charge is 0.330 e. The van der Waals surface area contributed by atoms with Gasteiger partial charge in [0.1, 0.15) is 0 Å². The van der Waals surface area contributed by atoms with Crippen LogP contribution in [0.25, 0.3) is 0 Å². The first-order valence-electron chi connectivity index (χ1n) is 8.82. The highest BCUT2D eigenvalue weighted by atomic mass is 19.2. The Labute approximate surface area is 132 Å². The van der Waals surface area contributed by atoms with Crippen molar-refractivity contribution in [2.45, 2.75) is 57.3 Å². The zero-order valence-corrected chi connectivity index (χ0v) is 13.2. The molecule has 0 saturated heterocycles. The molecular formula is C19H27F2N. The number of hydrogen-bond acceptors (Lipinski definition) is 1. The summed E-state index contributed by atoms with van der Waals surface area (Å²) < 4.78 is 26.4. The number of nitrogens with two attached hydrogens (primary N) is 1. The van der Waals surface area contributed by atoms with Crippen LogP contribution in [0.4, 0.5) is 8.78 Å². The average Bonchev–Trinajstić information content (AvgIpc) is 2.58. The summed E-state index contributed by atoms with van der Waals surface area (Å²) in [6.07, 6.45) is 9.97. The molecule has 2 saturated carbocycles. The molecule has 2 aliphatic rings. The quantitative estimate of drug-likeness (QED) is 0.835. The standard InChI is InChI=1S/C19H27F2N/c20-18-10-9-17(11-19(18)21)16-7-5-15(6-8-16)14-3-1-13(12-22)2-4-14/h9-11,13-16H,1-8,12,22H2. The van der Waals surface area contributed by atoms with E-state index in [4.69, 9.17) is 5.73 Å². The van der Waals surface area contributed by atoms with Crippen molar-refractivity contribution in [2.75, 3.05) is 6.54 Å². The molecule has 0 unspecified atom stereocenters. The summed E-state index contributed by atoms with van der Waals surface area (Å²) >= 11 is 0. The Morgan fingerprint density at radius 2 is 1.41 bits per heavy atom. The fourth-order valence-electron chi connectivity index (χ4n) is 4.59. The molecule has 2 aliphatic carbocycles. The number of hydrogen-bond donors (Lipinski definition) is 1. The molecule has 2 N–H and O–H groups in total. The summed E-state index contributed by atoms with van der Waals surface area (Å²) in [5.41, 5.74) is 6.75. The Kier molecular flexibility index (Phi) is 5.12. The van der Waals surface area contributed by atoms with E-state index in [9.17, 15) is 8.78 Å². The maximum Gasteiger partial charge on any atom is 0.159 e. The molecule has 0 heterocycles. The minimum Gasteiger partial charge on any atom is -0.330 e. The van der Waals surface area contributed by atoms with Gasteiger partial charge in [0.25, 0.3) is 0 Å². The van der Waals surface area contributed by atoms with E-state index in [2.05, 4.69) is 0 Å². The highest BCUT2D eigenvalue weighted by Gasteiger charge is 2.31. The van der Waals surface area contributed by atoms with Crippen LogP contribution in [-0.4, -0.2) is 6.54 Å². The lowest BCUT2D eigenvalue weighted by Crippen LogP contribution is -2.27. The molecule has 0 spiro atoms. The average molecular weight is 307 g/mol. The van der Waals surface area contributed by atoms with Gasteiger partial charge in [-0.1, -0.05) is 6.07 Å². The molecule has 1 nitrogen and oxygen atoms in total. The van der Waals surface area contributed by atoms with Crippen LogP contribution in [0.1, 0.15) is 62.8 Å². The van der Waals surface area contributed by atoms with Crippen molar-refractivity contribution in [3.05, 3.63) is 35.4 Å². The zero-order chi connectivity index (χ0) is 15.5. The Hall–Kier alpha value is -0.960. The number of rotatable bonds is 3. The van der Waals surface area contributed by atoms with E-state index < -0.39 is 11.6 Å². The lowest BCUT2D eigenvalue weighted by Gasteiger charge is -2.37. The van der Waals surface area contributed by atoms with Gasteiger partial charge in [-0.05, 0) is 99.3 Å². The predicted octanol–water partition coefficient (Wildman–Crippen LogP) is 5.00. The Bertz CT molecular complexity index is 486. The number of halogens is 2. The lowest BCUT2D eigenvalue weighted by molar-refractivity contribution is 0.162. The van der Waals surface area contributed by atoms with Gasteiger partial charge >= 0.3 is 0 Å². The fraction of sp³-hybridized carbons (Fsp3) is 0.684. The highest BCUT2D eigenvalue weighted by Crippen LogP contribution is 2.43. The topological polar surface area (TPSA) is 26.0 Å². The molecule has 2 fully saturated rings. The molecular weight excluding hydrogens is 280 g/mol. The van der Waals surface area contributed by atoms with Crippen molar-refractivity contribution in [1.29, 1.82) is 0 Å². The lowest BCUT2D eigenvalue weighted by atomic mass is 9.68. The second-order valence-electron chi connectivity index (χ2n) is 7.30. The van der Waals surface area contributed by atoms with Gasteiger partial charge in [0.2, 0.25) is 0 Å². The van der Waals surface area contributed by atoms with Crippen LogP contribution in [0, 0.1) is 29.4 Å². The van der Waals surface area contributed by atoms with Crippen LogP contribution in [0.15, 0.2) is 18.2 Å². The maximum atomic E-state index is 13.4. The van der Waals surface area contributed by atoms with Crippen molar-refractivity contribution < 1.29 is 8.78 Å². The molecule has 0 aromatic heterocycles. The van der Waals surface area contributed by atoms with Crippen molar-refractivity contribution in [1.82, 2.24) is 0 Å². The molecule has 3 heteroatoms. The SMILES string of the molecule is NCC1CCC(C2CCC(c3ccc(F)c(F)c3)CC2)CC1. The molecule has 1 aromatic carbocycles. The minimum atomic E-state index is -0.742. The van der Waals surface area contributed by atoms with E-state index in [1.165, 1.54) is 50.7 Å².